The van der Waals surface area contributed by atoms with Crippen molar-refractivity contribution in [2.45, 2.75) is 51.2 Å². The van der Waals surface area contributed by atoms with Gasteiger partial charge < -0.3 is 10.3 Å². The third-order valence-corrected chi connectivity index (χ3v) is 3.67. The average Bonchev–Trinajstić information content (AvgIpc) is 2.20. The zero-order valence-electron chi connectivity index (χ0n) is 9.80. The van der Waals surface area contributed by atoms with Crippen LogP contribution in [0.2, 0.25) is 0 Å². The Hall–Kier alpha value is -1.17. The number of hydrogen-bond donors (Lipinski definition) is 2. The first-order valence-electron chi connectivity index (χ1n) is 5.28. The highest BCUT2D eigenvalue weighted by Crippen LogP contribution is 2.41. The number of nitrogens with zero attached hydrogens (tertiary/aromatic N) is 2. The Morgan fingerprint density at radius 3 is 2.50 bits per heavy atom. The molecular weight excluding hydrogens is 212 g/mol. The van der Waals surface area contributed by atoms with Crippen molar-refractivity contribution in [3.63, 3.8) is 0 Å². The van der Waals surface area contributed by atoms with Crippen molar-refractivity contribution in [1.82, 2.24) is 0 Å². The minimum absolute atomic E-state index is 0.197. The summed E-state index contributed by atoms with van der Waals surface area (Å²) in [5.41, 5.74) is -1.73. The number of nitro groups is 1. The summed E-state index contributed by atoms with van der Waals surface area (Å²) >= 11 is 0. The number of aliphatic hydroxyl groups is 1. The van der Waals surface area contributed by atoms with Gasteiger partial charge in [-0.3, -0.25) is 10.1 Å². The molecule has 3 atom stereocenters. The standard InChI is InChI=1S/C10H18N2O4/c1-7(11-14)8-6-9(2,12(15)16)4-5-10(8,3)13/h8,13-14H,4-6H2,1-3H3/b11-7-/t8-,9-,10+/m0/s1. The molecule has 6 nitrogen and oxygen atoms in total. The Balaban J connectivity index is 2.99. The SMILES string of the molecule is C/C(=N/O)[C@@H]1C[C@@](C)([N+](=O)[O-])CC[C@@]1(C)O. The van der Waals surface area contributed by atoms with E-state index in [-0.39, 0.29) is 11.3 Å². The maximum Gasteiger partial charge on any atom is 0.220 e. The largest absolute Gasteiger partial charge is 0.411 e. The molecule has 1 rings (SSSR count). The molecule has 0 aliphatic heterocycles. The zero-order chi connectivity index (χ0) is 12.6. The number of hydrogen-bond acceptors (Lipinski definition) is 5. The first-order chi connectivity index (χ1) is 7.23. The fourth-order valence-electron chi connectivity index (χ4n) is 2.29. The van der Waals surface area contributed by atoms with E-state index in [1.165, 1.54) is 0 Å². The molecule has 6 heteroatoms. The van der Waals surface area contributed by atoms with Gasteiger partial charge >= 0.3 is 0 Å². The van der Waals surface area contributed by atoms with Gasteiger partial charge in [0.15, 0.2) is 0 Å². The van der Waals surface area contributed by atoms with Crippen LogP contribution in [0.3, 0.4) is 0 Å². The molecule has 0 aromatic heterocycles. The molecule has 92 valence electrons. The van der Waals surface area contributed by atoms with Gasteiger partial charge in [-0.25, -0.2) is 0 Å². The van der Waals surface area contributed by atoms with E-state index in [0.717, 1.165) is 0 Å². The summed E-state index contributed by atoms with van der Waals surface area (Å²) < 4.78 is 0. The maximum absolute atomic E-state index is 11.0. The van der Waals surface area contributed by atoms with Gasteiger partial charge in [-0.05, 0) is 20.3 Å². The van der Waals surface area contributed by atoms with E-state index >= 15 is 0 Å². The lowest BCUT2D eigenvalue weighted by Crippen LogP contribution is -2.52. The molecule has 0 aromatic carbocycles. The molecule has 0 amide bonds. The van der Waals surface area contributed by atoms with Gasteiger partial charge in [-0.2, -0.15) is 0 Å². The van der Waals surface area contributed by atoms with Crippen LogP contribution in [0.1, 0.15) is 40.0 Å². The summed E-state index contributed by atoms with van der Waals surface area (Å²) in [6.07, 6.45) is 0.868. The van der Waals surface area contributed by atoms with Crippen LogP contribution in [0.5, 0.6) is 0 Å². The average molecular weight is 230 g/mol. The molecule has 0 unspecified atom stereocenters. The molecule has 0 spiro atoms. The quantitative estimate of drug-likeness (QED) is 0.324. The maximum atomic E-state index is 11.0. The van der Waals surface area contributed by atoms with Gasteiger partial charge in [0.2, 0.25) is 5.54 Å². The molecule has 2 N–H and O–H groups in total. The summed E-state index contributed by atoms with van der Waals surface area (Å²) in [6, 6.07) is 0. The first-order valence-corrected chi connectivity index (χ1v) is 5.28. The van der Waals surface area contributed by atoms with Crippen molar-refractivity contribution in [1.29, 1.82) is 0 Å². The van der Waals surface area contributed by atoms with Crippen LogP contribution in [0.25, 0.3) is 0 Å². The van der Waals surface area contributed by atoms with Gasteiger partial charge in [-0.1, -0.05) is 5.16 Å². The summed E-state index contributed by atoms with van der Waals surface area (Å²) in [4.78, 5) is 10.7. The van der Waals surface area contributed by atoms with E-state index in [0.29, 0.717) is 18.6 Å². The zero-order valence-corrected chi connectivity index (χ0v) is 9.80. The molecule has 1 aliphatic rings. The minimum Gasteiger partial charge on any atom is -0.411 e. The van der Waals surface area contributed by atoms with Crippen molar-refractivity contribution in [3.05, 3.63) is 10.1 Å². The normalized spacial score (nSPS) is 40.8. The molecule has 1 aliphatic carbocycles. The Morgan fingerprint density at radius 2 is 2.06 bits per heavy atom. The van der Waals surface area contributed by atoms with Crippen LogP contribution < -0.4 is 0 Å². The molecular formula is C10H18N2O4. The van der Waals surface area contributed by atoms with Gasteiger partial charge in [-0.15, -0.1) is 0 Å². The molecule has 1 fully saturated rings. The smallest absolute Gasteiger partial charge is 0.220 e. The van der Waals surface area contributed by atoms with Crippen LogP contribution in [0.15, 0.2) is 5.16 Å². The Morgan fingerprint density at radius 1 is 1.50 bits per heavy atom. The summed E-state index contributed by atoms with van der Waals surface area (Å²) in [5, 5.41) is 32.9. The Kier molecular flexibility index (Phi) is 3.23. The second kappa shape index (κ2) is 4.01. The van der Waals surface area contributed by atoms with E-state index in [9.17, 15) is 15.2 Å². The van der Waals surface area contributed by atoms with Crippen LogP contribution in [0, 0.1) is 16.0 Å². The molecule has 0 radical (unpaired) electrons. The fraction of sp³-hybridized carbons (Fsp3) is 0.900. The highest BCUT2D eigenvalue weighted by Gasteiger charge is 2.51. The summed E-state index contributed by atoms with van der Waals surface area (Å²) in [7, 11) is 0. The van der Waals surface area contributed by atoms with Gasteiger partial charge in [0.25, 0.3) is 0 Å². The van der Waals surface area contributed by atoms with Crippen molar-refractivity contribution < 1.29 is 15.2 Å². The molecule has 1 saturated carbocycles. The topological polar surface area (TPSA) is 96.0 Å². The van der Waals surface area contributed by atoms with Crippen molar-refractivity contribution in [3.8, 4) is 0 Å². The number of rotatable bonds is 2. The van der Waals surface area contributed by atoms with E-state index in [2.05, 4.69) is 5.16 Å². The van der Waals surface area contributed by atoms with Crippen LogP contribution in [-0.2, 0) is 0 Å². The molecule has 0 heterocycles. The Labute approximate surface area is 94.1 Å². The van der Waals surface area contributed by atoms with E-state index in [1.807, 2.05) is 0 Å². The van der Waals surface area contributed by atoms with Crippen LogP contribution in [-0.4, -0.2) is 32.1 Å². The molecule has 0 saturated heterocycles. The van der Waals surface area contributed by atoms with E-state index < -0.39 is 17.1 Å². The predicted octanol–water partition coefficient (Wildman–Crippen LogP) is 1.42. The lowest BCUT2D eigenvalue weighted by atomic mass is 9.67. The summed E-state index contributed by atoms with van der Waals surface area (Å²) in [5.74, 6) is -0.471. The monoisotopic (exact) mass is 230 g/mol. The first kappa shape index (κ1) is 12.9. The van der Waals surface area contributed by atoms with E-state index in [4.69, 9.17) is 5.21 Å². The van der Waals surface area contributed by atoms with Crippen molar-refractivity contribution >= 4 is 5.71 Å². The second-order valence-corrected chi connectivity index (χ2v) is 5.11. The summed E-state index contributed by atoms with van der Waals surface area (Å²) in [6.45, 7) is 4.77. The van der Waals surface area contributed by atoms with Crippen LogP contribution in [0.4, 0.5) is 0 Å². The second-order valence-electron chi connectivity index (χ2n) is 5.11. The molecule has 0 aromatic rings. The highest BCUT2D eigenvalue weighted by molar-refractivity contribution is 5.85. The van der Waals surface area contributed by atoms with E-state index in [1.54, 1.807) is 20.8 Å². The van der Waals surface area contributed by atoms with Crippen molar-refractivity contribution in [2.75, 3.05) is 0 Å². The Bertz CT molecular complexity index is 327. The fourth-order valence-corrected chi connectivity index (χ4v) is 2.29. The molecule has 0 bridgehead atoms. The van der Waals surface area contributed by atoms with Crippen molar-refractivity contribution in [2.24, 2.45) is 11.1 Å². The number of oxime groups is 1. The van der Waals surface area contributed by atoms with Crippen LogP contribution >= 0.6 is 0 Å². The lowest BCUT2D eigenvalue weighted by molar-refractivity contribution is -0.573. The minimum atomic E-state index is -1.04. The van der Waals surface area contributed by atoms with Gasteiger partial charge in [0.05, 0.1) is 11.3 Å². The van der Waals surface area contributed by atoms with Gasteiger partial charge in [0.1, 0.15) is 0 Å². The predicted molar refractivity (Wildman–Crippen MR) is 58.3 cm³/mol. The molecule has 16 heavy (non-hydrogen) atoms. The van der Waals surface area contributed by atoms with Gasteiger partial charge in [0, 0.05) is 30.6 Å². The third-order valence-electron chi connectivity index (χ3n) is 3.67. The third kappa shape index (κ3) is 2.16. The highest BCUT2D eigenvalue weighted by atomic mass is 16.6. The lowest BCUT2D eigenvalue weighted by Gasteiger charge is -2.41.